The Morgan fingerprint density at radius 2 is 1.76 bits per heavy atom. The van der Waals surface area contributed by atoms with E-state index in [2.05, 4.69) is 5.43 Å². The SMILES string of the molecule is NNC(Cc1ccc(Cl)cc1Cl)c1ccc(F)c(F)c1F. The van der Waals surface area contributed by atoms with Crippen molar-refractivity contribution in [1.29, 1.82) is 0 Å². The van der Waals surface area contributed by atoms with Gasteiger partial charge in [0.1, 0.15) is 0 Å². The minimum absolute atomic E-state index is 0.0811. The van der Waals surface area contributed by atoms with Gasteiger partial charge in [0.2, 0.25) is 0 Å². The second-order valence-electron chi connectivity index (χ2n) is 4.42. The fourth-order valence-electron chi connectivity index (χ4n) is 1.98. The maximum Gasteiger partial charge on any atom is 0.194 e. The quantitative estimate of drug-likeness (QED) is 0.500. The Bertz CT molecular complexity index is 665. The van der Waals surface area contributed by atoms with E-state index in [1.807, 2.05) is 0 Å². The lowest BCUT2D eigenvalue weighted by molar-refractivity contribution is 0.425. The summed E-state index contributed by atoms with van der Waals surface area (Å²) in [6, 6.07) is 6.04. The maximum absolute atomic E-state index is 13.8. The van der Waals surface area contributed by atoms with E-state index in [0.29, 0.717) is 15.6 Å². The molecule has 0 heterocycles. The average molecular weight is 335 g/mol. The van der Waals surface area contributed by atoms with Crippen LogP contribution in [0, 0.1) is 17.5 Å². The van der Waals surface area contributed by atoms with Crippen LogP contribution in [0.4, 0.5) is 13.2 Å². The van der Waals surface area contributed by atoms with Gasteiger partial charge in [0, 0.05) is 15.6 Å². The van der Waals surface area contributed by atoms with Gasteiger partial charge in [0.15, 0.2) is 17.5 Å². The Hall–Kier alpha value is -1.27. The molecule has 2 aromatic rings. The molecular formula is C14H11Cl2F3N2. The molecule has 2 aromatic carbocycles. The van der Waals surface area contributed by atoms with Crippen molar-refractivity contribution in [2.24, 2.45) is 5.84 Å². The zero-order chi connectivity index (χ0) is 15.6. The highest BCUT2D eigenvalue weighted by Gasteiger charge is 2.21. The molecule has 0 spiro atoms. The van der Waals surface area contributed by atoms with Gasteiger partial charge in [-0.15, -0.1) is 0 Å². The summed E-state index contributed by atoms with van der Waals surface area (Å²) in [5.74, 6) is 1.33. The minimum atomic E-state index is -1.53. The summed E-state index contributed by atoms with van der Waals surface area (Å²) in [7, 11) is 0. The van der Waals surface area contributed by atoms with Crippen LogP contribution in [-0.2, 0) is 6.42 Å². The molecule has 0 aliphatic carbocycles. The molecule has 0 saturated carbocycles. The van der Waals surface area contributed by atoms with E-state index in [-0.39, 0.29) is 12.0 Å². The molecule has 0 bridgehead atoms. The van der Waals surface area contributed by atoms with Crippen LogP contribution in [0.5, 0.6) is 0 Å². The van der Waals surface area contributed by atoms with Crippen LogP contribution >= 0.6 is 23.2 Å². The van der Waals surface area contributed by atoms with Crippen LogP contribution in [0.3, 0.4) is 0 Å². The monoisotopic (exact) mass is 334 g/mol. The van der Waals surface area contributed by atoms with E-state index < -0.39 is 23.5 Å². The average Bonchev–Trinajstić information content (AvgIpc) is 2.45. The molecular weight excluding hydrogens is 324 g/mol. The molecule has 21 heavy (non-hydrogen) atoms. The number of halogens is 5. The molecule has 0 fully saturated rings. The molecule has 0 aliphatic heterocycles. The number of hydrazine groups is 1. The summed E-state index contributed by atoms with van der Waals surface area (Å²) in [5, 5.41) is 0.839. The van der Waals surface area contributed by atoms with Gasteiger partial charge in [0.25, 0.3) is 0 Å². The molecule has 7 heteroatoms. The number of hydrogen-bond donors (Lipinski definition) is 2. The normalized spacial score (nSPS) is 12.5. The number of benzene rings is 2. The van der Waals surface area contributed by atoms with Crippen molar-refractivity contribution in [3.63, 3.8) is 0 Å². The first-order valence-corrected chi connectivity index (χ1v) is 6.73. The second kappa shape index (κ2) is 6.66. The fourth-order valence-corrected chi connectivity index (χ4v) is 2.46. The number of rotatable bonds is 4. The summed E-state index contributed by atoms with van der Waals surface area (Å²) in [6.07, 6.45) is 0.189. The van der Waals surface area contributed by atoms with Gasteiger partial charge < -0.3 is 0 Å². The lowest BCUT2D eigenvalue weighted by Gasteiger charge is -2.18. The summed E-state index contributed by atoms with van der Waals surface area (Å²) < 4.78 is 40.1. The Morgan fingerprint density at radius 3 is 2.38 bits per heavy atom. The number of hydrogen-bond acceptors (Lipinski definition) is 2. The van der Waals surface area contributed by atoms with Gasteiger partial charge in [-0.3, -0.25) is 11.3 Å². The van der Waals surface area contributed by atoms with Crippen molar-refractivity contribution in [3.05, 3.63) is 69.0 Å². The van der Waals surface area contributed by atoms with Crippen molar-refractivity contribution in [2.75, 3.05) is 0 Å². The van der Waals surface area contributed by atoms with E-state index in [4.69, 9.17) is 29.0 Å². The third-order valence-corrected chi connectivity index (χ3v) is 3.67. The van der Waals surface area contributed by atoms with Crippen LogP contribution < -0.4 is 11.3 Å². The number of nitrogens with one attached hydrogen (secondary N) is 1. The Balaban J connectivity index is 2.34. The van der Waals surface area contributed by atoms with Crippen LogP contribution in [0.25, 0.3) is 0 Å². The molecule has 1 atom stereocenters. The van der Waals surface area contributed by atoms with Gasteiger partial charge in [-0.25, -0.2) is 13.2 Å². The smallest absolute Gasteiger partial charge is 0.194 e. The standard InChI is InChI=1S/C14H11Cl2F3N2/c15-8-2-1-7(10(16)6-8)5-12(21-20)9-3-4-11(17)14(19)13(9)18/h1-4,6,12,21H,5,20H2. The van der Waals surface area contributed by atoms with E-state index in [0.717, 1.165) is 12.1 Å². The summed E-state index contributed by atoms with van der Waals surface area (Å²) in [6.45, 7) is 0. The molecule has 2 nitrogen and oxygen atoms in total. The Morgan fingerprint density at radius 1 is 1.05 bits per heavy atom. The van der Waals surface area contributed by atoms with Gasteiger partial charge in [-0.2, -0.15) is 0 Å². The Labute approximate surface area is 129 Å². The molecule has 0 radical (unpaired) electrons. The van der Waals surface area contributed by atoms with E-state index in [9.17, 15) is 13.2 Å². The predicted octanol–water partition coefficient (Wildman–Crippen LogP) is 4.16. The predicted molar refractivity (Wildman–Crippen MR) is 76.5 cm³/mol. The molecule has 0 amide bonds. The zero-order valence-corrected chi connectivity index (χ0v) is 12.2. The highest BCUT2D eigenvalue weighted by Crippen LogP contribution is 2.28. The first kappa shape index (κ1) is 16.1. The molecule has 0 aliphatic rings. The Kier molecular flexibility index (Phi) is 5.11. The van der Waals surface area contributed by atoms with Crippen LogP contribution in [0.1, 0.15) is 17.2 Å². The van der Waals surface area contributed by atoms with Crippen molar-refractivity contribution in [2.45, 2.75) is 12.5 Å². The molecule has 112 valence electrons. The number of nitrogens with two attached hydrogens (primary N) is 1. The van der Waals surface area contributed by atoms with Gasteiger partial charge in [0.05, 0.1) is 6.04 Å². The van der Waals surface area contributed by atoms with Crippen molar-refractivity contribution < 1.29 is 13.2 Å². The summed E-state index contributed by atoms with van der Waals surface area (Å²) in [5.41, 5.74) is 2.94. The molecule has 0 saturated heterocycles. The third-order valence-electron chi connectivity index (χ3n) is 3.08. The highest BCUT2D eigenvalue weighted by atomic mass is 35.5. The molecule has 0 aromatic heterocycles. The molecule has 3 N–H and O–H groups in total. The minimum Gasteiger partial charge on any atom is -0.271 e. The van der Waals surface area contributed by atoms with Crippen molar-refractivity contribution in [3.8, 4) is 0 Å². The first-order valence-electron chi connectivity index (χ1n) is 5.97. The fraction of sp³-hybridized carbons (Fsp3) is 0.143. The zero-order valence-electron chi connectivity index (χ0n) is 10.6. The maximum atomic E-state index is 13.8. The van der Waals surface area contributed by atoms with E-state index in [1.54, 1.807) is 12.1 Å². The molecule has 2 rings (SSSR count). The second-order valence-corrected chi connectivity index (χ2v) is 5.27. The van der Waals surface area contributed by atoms with Gasteiger partial charge in [-0.1, -0.05) is 35.3 Å². The topological polar surface area (TPSA) is 38.0 Å². The van der Waals surface area contributed by atoms with Crippen LogP contribution in [-0.4, -0.2) is 0 Å². The highest BCUT2D eigenvalue weighted by molar-refractivity contribution is 6.35. The van der Waals surface area contributed by atoms with E-state index in [1.165, 1.54) is 6.07 Å². The van der Waals surface area contributed by atoms with Crippen molar-refractivity contribution in [1.82, 2.24) is 5.43 Å². The lowest BCUT2D eigenvalue weighted by atomic mass is 9.98. The molecule has 1 unspecified atom stereocenters. The summed E-state index contributed by atoms with van der Waals surface area (Å²) in [4.78, 5) is 0. The largest absolute Gasteiger partial charge is 0.271 e. The van der Waals surface area contributed by atoms with Gasteiger partial charge in [-0.05, 0) is 30.2 Å². The van der Waals surface area contributed by atoms with Crippen molar-refractivity contribution >= 4 is 23.2 Å². The third kappa shape index (κ3) is 3.49. The first-order chi connectivity index (χ1) is 9.93. The van der Waals surface area contributed by atoms with Gasteiger partial charge >= 0.3 is 0 Å². The lowest BCUT2D eigenvalue weighted by Crippen LogP contribution is -2.30. The van der Waals surface area contributed by atoms with Crippen LogP contribution in [0.2, 0.25) is 10.0 Å². The van der Waals surface area contributed by atoms with Crippen LogP contribution in [0.15, 0.2) is 30.3 Å². The summed E-state index contributed by atoms with van der Waals surface area (Å²) >= 11 is 11.8. The van der Waals surface area contributed by atoms with E-state index >= 15 is 0 Å².